The monoisotopic (exact) mass is 378 g/mol. The second-order valence-electron chi connectivity index (χ2n) is 5.25. The number of carbonyl (C=O) groups is 1. The van der Waals surface area contributed by atoms with Crippen LogP contribution in [0.2, 0.25) is 0 Å². The van der Waals surface area contributed by atoms with E-state index in [2.05, 4.69) is 36.1 Å². The van der Waals surface area contributed by atoms with Crippen molar-refractivity contribution in [2.24, 2.45) is 4.99 Å². The van der Waals surface area contributed by atoms with Crippen LogP contribution in [-0.4, -0.2) is 26.7 Å². The number of aliphatic imine (C=N–C) groups is 1. The maximum Gasteiger partial charge on any atom is 0.245 e. The van der Waals surface area contributed by atoms with Gasteiger partial charge in [0.2, 0.25) is 5.95 Å². The number of aromatic nitrogens is 3. The Morgan fingerprint density at radius 3 is 2.50 bits per heavy atom. The molecule has 0 atom stereocenters. The molecule has 5 nitrogen and oxygen atoms in total. The summed E-state index contributed by atoms with van der Waals surface area (Å²) in [5.74, 6) is 0.336. The molecule has 0 spiro atoms. The number of allylic oxidation sites excluding steroid dienone is 1. The van der Waals surface area contributed by atoms with Gasteiger partial charge in [-0.3, -0.25) is 4.79 Å². The number of carbonyl (C=O) groups excluding carboxylic acids is 1. The second kappa shape index (κ2) is 5.98. The third-order valence-corrected chi connectivity index (χ3v) is 4.26. The minimum Gasteiger partial charge on any atom is -0.289 e. The van der Waals surface area contributed by atoms with Crippen LogP contribution in [0.4, 0.5) is 5.95 Å². The molecule has 1 aliphatic rings. The molecule has 0 aliphatic heterocycles. The lowest BCUT2D eigenvalue weighted by Crippen LogP contribution is -2.02. The zero-order valence-corrected chi connectivity index (χ0v) is 14.0. The van der Waals surface area contributed by atoms with Crippen LogP contribution in [0, 0.1) is 0 Å². The summed E-state index contributed by atoms with van der Waals surface area (Å²) in [4.78, 5) is 21.3. The number of H-pyrrole nitrogens is 1. The molecule has 116 valence electrons. The van der Waals surface area contributed by atoms with E-state index in [-0.39, 0.29) is 5.78 Å². The molecular formula is C18H11BrN4O. The molecule has 0 saturated heterocycles. The molecule has 1 N–H and O–H groups in total. The number of halogens is 1. The molecule has 0 amide bonds. The van der Waals surface area contributed by atoms with Crippen molar-refractivity contribution in [2.75, 3.05) is 0 Å². The van der Waals surface area contributed by atoms with E-state index in [4.69, 9.17) is 0 Å². The molecule has 2 aromatic carbocycles. The second-order valence-corrected chi connectivity index (χ2v) is 6.17. The highest BCUT2D eigenvalue weighted by molar-refractivity contribution is 9.10. The van der Waals surface area contributed by atoms with Crippen LogP contribution in [0.3, 0.4) is 0 Å². The summed E-state index contributed by atoms with van der Waals surface area (Å²) in [6.45, 7) is 0. The van der Waals surface area contributed by atoms with Crippen molar-refractivity contribution in [1.29, 1.82) is 0 Å². The number of benzene rings is 2. The highest BCUT2D eigenvalue weighted by atomic mass is 79.9. The lowest BCUT2D eigenvalue weighted by Gasteiger charge is -2.01. The zero-order chi connectivity index (χ0) is 16.5. The summed E-state index contributed by atoms with van der Waals surface area (Å²) >= 11 is 3.41. The van der Waals surface area contributed by atoms with Gasteiger partial charge in [-0.15, -0.1) is 0 Å². The van der Waals surface area contributed by atoms with Crippen LogP contribution in [-0.2, 0) is 0 Å². The van der Waals surface area contributed by atoms with Crippen molar-refractivity contribution in [2.45, 2.75) is 0 Å². The number of fused-ring (bicyclic) bond motifs is 1. The van der Waals surface area contributed by atoms with Crippen LogP contribution in [0.25, 0.3) is 6.08 Å². The SMILES string of the molecule is O=C1/C(=C/c2ccc(Br)cc2)C(=Nc2ncn[nH]2)c2ccccc21. The number of aromatic amines is 1. The molecule has 24 heavy (non-hydrogen) atoms. The van der Waals surface area contributed by atoms with Gasteiger partial charge >= 0.3 is 0 Å². The van der Waals surface area contributed by atoms with Gasteiger partial charge in [-0.25, -0.2) is 10.1 Å². The van der Waals surface area contributed by atoms with Crippen molar-refractivity contribution in [3.63, 3.8) is 0 Å². The van der Waals surface area contributed by atoms with Gasteiger partial charge < -0.3 is 0 Å². The third-order valence-electron chi connectivity index (χ3n) is 3.73. The standard InChI is InChI=1S/C18H11BrN4O/c19-12-7-5-11(6-8-12)9-15-16(22-18-20-10-21-23-18)13-3-1-2-4-14(13)17(15)24/h1-10H,(H,20,21,23)/b15-9+,22-16?. The fourth-order valence-corrected chi connectivity index (χ4v) is 2.89. The molecule has 4 rings (SSSR count). The summed E-state index contributed by atoms with van der Waals surface area (Å²) in [7, 11) is 0. The molecular weight excluding hydrogens is 368 g/mol. The molecule has 1 heterocycles. The average Bonchev–Trinajstić information content (AvgIpc) is 3.20. The van der Waals surface area contributed by atoms with Crippen LogP contribution >= 0.6 is 15.9 Å². The maximum atomic E-state index is 12.8. The maximum absolute atomic E-state index is 12.8. The topological polar surface area (TPSA) is 71.0 Å². The number of hydrogen-bond donors (Lipinski definition) is 1. The van der Waals surface area contributed by atoms with Gasteiger partial charge in [0.25, 0.3) is 0 Å². The number of nitrogens with one attached hydrogen (secondary N) is 1. The molecule has 0 unspecified atom stereocenters. The van der Waals surface area contributed by atoms with Crippen LogP contribution in [0.5, 0.6) is 0 Å². The first-order valence-corrected chi connectivity index (χ1v) is 8.07. The van der Waals surface area contributed by atoms with Crippen molar-refractivity contribution in [3.8, 4) is 0 Å². The number of Topliss-reactive ketones (excluding diaryl/α,β-unsaturated/α-hetero) is 1. The van der Waals surface area contributed by atoms with E-state index in [1.54, 1.807) is 0 Å². The van der Waals surface area contributed by atoms with Gasteiger partial charge in [-0.1, -0.05) is 52.3 Å². The lowest BCUT2D eigenvalue weighted by molar-refractivity contribution is 0.104. The molecule has 1 aromatic heterocycles. The fraction of sp³-hybridized carbons (Fsp3) is 0. The van der Waals surface area contributed by atoms with E-state index < -0.39 is 0 Å². The van der Waals surface area contributed by atoms with Gasteiger partial charge in [0.05, 0.1) is 5.71 Å². The number of nitrogens with zero attached hydrogens (tertiary/aromatic N) is 3. The van der Waals surface area contributed by atoms with E-state index in [1.165, 1.54) is 6.33 Å². The Hall–Kier alpha value is -2.86. The molecule has 3 aromatic rings. The van der Waals surface area contributed by atoms with Crippen molar-refractivity contribution < 1.29 is 4.79 Å². The minimum atomic E-state index is -0.0354. The van der Waals surface area contributed by atoms with Gasteiger partial charge in [0, 0.05) is 21.2 Å². The molecule has 1 aliphatic carbocycles. The number of ketones is 1. The highest BCUT2D eigenvalue weighted by Gasteiger charge is 2.31. The molecule has 6 heteroatoms. The zero-order valence-electron chi connectivity index (χ0n) is 12.4. The van der Waals surface area contributed by atoms with E-state index in [9.17, 15) is 4.79 Å². The van der Waals surface area contributed by atoms with Crippen LogP contribution in [0.15, 0.2) is 69.9 Å². The number of rotatable bonds is 2. The Kier molecular flexibility index (Phi) is 3.66. The predicted molar refractivity (Wildman–Crippen MR) is 95.5 cm³/mol. The Morgan fingerprint density at radius 2 is 1.79 bits per heavy atom. The largest absolute Gasteiger partial charge is 0.289 e. The van der Waals surface area contributed by atoms with Crippen molar-refractivity contribution >= 4 is 39.4 Å². The Morgan fingerprint density at radius 1 is 1.04 bits per heavy atom. The van der Waals surface area contributed by atoms with Gasteiger partial charge in [-0.05, 0) is 23.8 Å². The summed E-state index contributed by atoms with van der Waals surface area (Å²) in [5, 5.41) is 6.51. The quantitative estimate of drug-likeness (QED) is 0.685. The summed E-state index contributed by atoms with van der Waals surface area (Å²) in [6, 6.07) is 15.2. The molecule has 0 fully saturated rings. The normalized spacial score (nSPS) is 16.8. The summed E-state index contributed by atoms with van der Waals surface area (Å²) in [5.41, 5.74) is 3.55. The van der Waals surface area contributed by atoms with E-state index in [1.807, 2.05) is 54.6 Å². The molecule has 0 saturated carbocycles. The van der Waals surface area contributed by atoms with E-state index >= 15 is 0 Å². The Bertz CT molecular complexity index is 973. The average molecular weight is 379 g/mol. The molecule has 0 radical (unpaired) electrons. The van der Waals surface area contributed by atoms with Crippen LogP contribution in [0.1, 0.15) is 21.5 Å². The Balaban J connectivity index is 1.88. The Labute approximate surface area is 146 Å². The van der Waals surface area contributed by atoms with Crippen molar-refractivity contribution in [3.05, 3.63) is 81.6 Å². The predicted octanol–water partition coefficient (Wildman–Crippen LogP) is 3.97. The lowest BCUT2D eigenvalue weighted by atomic mass is 10.1. The van der Waals surface area contributed by atoms with E-state index in [0.29, 0.717) is 22.8 Å². The smallest absolute Gasteiger partial charge is 0.245 e. The fourth-order valence-electron chi connectivity index (χ4n) is 2.62. The van der Waals surface area contributed by atoms with Crippen molar-refractivity contribution in [1.82, 2.24) is 15.2 Å². The molecule has 0 bridgehead atoms. The van der Waals surface area contributed by atoms with Gasteiger partial charge in [0.1, 0.15) is 6.33 Å². The first-order valence-electron chi connectivity index (χ1n) is 7.28. The third kappa shape index (κ3) is 2.61. The van der Waals surface area contributed by atoms with Crippen LogP contribution < -0.4 is 0 Å². The summed E-state index contributed by atoms with van der Waals surface area (Å²) < 4.78 is 0.987. The van der Waals surface area contributed by atoms with Gasteiger partial charge in [0.15, 0.2) is 5.78 Å². The first-order chi connectivity index (χ1) is 11.7. The number of hydrogen-bond acceptors (Lipinski definition) is 4. The van der Waals surface area contributed by atoms with E-state index in [0.717, 1.165) is 15.6 Å². The summed E-state index contributed by atoms with van der Waals surface area (Å²) in [6.07, 6.45) is 3.24. The first kappa shape index (κ1) is 14.7. The minimum absolute atomic E-state index is 0.0354. The highest BCUT2D eigenvalue weighted by Crippen LogP contribution is 2.30. The van der Waals surface area contributed by atoms with Gasteiger partial charge in [-0.2, -0.15) is 10.1 Å².